The molecule has 32 heavy (non-hydrogen) atoms. The van der Waals surface area contributed by atoms with Crippen LogP contribution in [0.3, 0.4) is 0 Å². The molecule has 0 saturated heterocycles. The molecule has 2 heterocycles. The summed E-state index contributed by atoms with van der Waals surface area (Å²) in [5, 5.41) is 13.7. The van der Waals surface area contributed by atoms with Gasteiger partial charge in [-0.05, 0) is 75.4 Å². The summed E-state index contributed by atoms with van der Waals surface area (Å²) >= 11 is 0. The van der Waals surface area contributed by atoms with E-state index in [1.54, 1.807) is 0 Å². The maximum atomic E-state index is 12.7. The summed E-state index contributed by atoms with van der Waals surface area (Å²) in [7, 11) is 0. The SMILES string of the molecule is Cc1oc2c(C)c3oc(=O)c(CCC(=O)Nc4ccc(CCO)cc4)c(C)c3cc2c1C. The van der Waals surface area contributed by atoms with E-state index in [0.717, 1.165) is 44.4 Å². The van der Waals surface area contributed by atoms with E-state index >= 15 is 0 Å². The molecule has 6 nitrogen and oxygen atoms in total. The zero-order valence-corrected chi connectivity index (χ0v) is 18.8. The summed E-state index contributed by atoms with van der Waals surface area (Å²) in [5.41, 5.74) is 5.77. The Morgan fingerprint density at radius 3 is 2.25 bits per heavy atom. The van der Waals surface area contributed by atoms with Crippen LogP contribution < -0.4 is 10.9 Å². The number of aliphatic hydroxyl groups is 1. The van der Waals surface area contributed by atoms with Gasteiger partial charge in [-0.25, -0.2) is 4.79 Å². The highest BCUT2D eigenvalue weighted by Gasteiger charge is 2.19. The van der Waals surface area contributed by atoms with Gasteiger partial charge in [-0.2, -0.15) is 0 Å². The topological polar surface area (TPSA) is 92.7 Å². The molecule has 4 aromatic rings. The molecule has 2 aromatic carbocycles. The molecule has 0 radical (unpaired) electrons. The summed E-state index contributed by atoms with van der Waals surface area (Å²) in [6, 6.07) is 9.37. The molecule has 0 aliphatic heterocycles. The van der Waals surface area contributed by atoms with E-state index in [0.29, 0.717) is 29.7 Å². The van der Waals surface area contributed by atoms with Gasteiger partial charge in [-0.3, -0.25) is 4.79 Å². The number of hydrogen-bond donors (Lipinski definition) is 2. The number of amides is 1. The second-order valence-corrected chi connectivity index (χ2v) is 8.25. The van der Waals surface area contributed by atoms with Gasteiger partial charge >= 0.3 is 5.63 Å². The van der Waals surface area contributed by atoms with E-state index < -0.39 is 5.63 Å². The van der Waals surface area contributed by atoms with Crippen LogP contribution in [-0.4, -0.2) is 17.6 Å². The number of rotatable bonds is 6. The summed E-state index contributed by atoms with van der Waals surface area (Å²) in [4.78, 5) is 25.2. The standard InChI is InChI=1S/C26H27NO5/c1-14-17(4)31-24-16(3)25-22(13-21(14)24)15(2)20(26(30)32-25)9-10-23(29)27-19-7-5-18(6-8-19)11-12-28/h5-8,13,28H,9-12H2,1-4H3,(H,27,29). The molecule has 0 atom stereocenters. The van der Waals surface area contributed by atoms with Crippen LogP contribution in [0.15, 0.2) is 44.0 Å². The van der Waals surface area contributed by atoms with Crippen molar-refractivity contribution in [3.63, 3.8) is 0 Å². The molecular weight excluding hydrogens is 406 g/mol. The molecule has 0 saturated carbocycles. The van der Waals surface area contributed by atoms with Crippen LogP contribution in [0.5, 0.6) is 0 Å². The third kappa shape index (κ3) is 3.94. The smallest absolute Gasteiger partial charge is 0.339 e. The fraction of sp³-hybridized carbons (Fsp3) is 0.308. The lowest BCUT2D eigenvalue weighted by molar-refractivity contribution is -0.116. The van der Waals surface area contributed by atoms with Crippen LogP contribution in [-0.2, 0) is 17.6 Å². The van der Waals surface area contributed by atoms with E-state index in [1.165, 1.54) is 0 Å². The van der Waals surface area contributed by atoms with E-state index in [1.807, 2.05) is 58.0 Å². The Morgan fingerprint density at radius 1 is 0.906 bits per heavy atom. The minimum absolute atomic E-state index is 0.0875. The first-order chi connectivity index (χ1) is 15.3. The Bertz CT molecular complexity index is 1380. The fourth-order valence-electron chi connectivity index (χ4n) is 4.13. The molecule has 0 bridgehead atoms. The first-order valence-electron chi connectivity index (χ1n) is 10.8. The molecule has 0 aliphatic carbocycles. The van der Waals surface area contributed by atoms with Crippen molar-refractivity contribution in [3.05, 3.63) is 74.3 Å². The number of carbonyl (C=O) groups is 1. The van der Waals surface area contributed by atoms with Crippen molar-refractivity contribution in [1.82, 2.24) is 0 Å². The number of aliphatic hydroxyl groups excluding tert-OH is 1. The minimum Gasteiger partial charge on any atom is -0.461 e. The lowest BCUT2D eigenvalue weighted by atomic mass is 9.98. The first kappa shape index (κ1) is 21.8. The molecule has 1 amide bonds. The highest BCUT2D eigenvalue weighted by Crippen LogP contribution is 2.34. The van der Waals surface area contributed by atoms with Crippen LogP contribution in [0, 0.1) is 27.7 Å². The van der Waals surface area contributed by atoms with Gasteiger partial charge in [0.25, 0.3) is 0 Å². The van der Waals surface area contributed by atoms with Crippen LogP contribution in [0.2, 0.25) is 0 Å². The number of furan rings is 1. The van der Waals surface area contributed by atoms with Gasteiger partial charge in [0.2, 0.25) is 5.91 Å². The van der Waals surface area contributed by atoms with Crippen molar-refractivity contribution < 1.29 is 18.7 Å². The Kier molecular flexibility index (Phi) is 5.89. The zero-order chi connectivity index (χ0) is 23.0. The van der Waals surface area contributed by atoms with Gasteiger partial charge in [0, 0.05) is 40.6 Å². The average molecular weight is 434 g/mol. The third-order valence-corrected chi connectivity index (χ3v) is 6.18. The molecule has 166 valence electrons. The second-order valence-electron chi connectivity index (χ2n) is 8.25. The average Bonchev–Trinajstić information content (AvgIpc) is 3.05. The molecule has 0 unspecified atom stereocenters. The Morgan fingerprint density at radius 2 is 1.56 bits per heavy atom. The number of aryl methyl sites for hydroxylation is 4. The maximum Gasteiger partial charge on any atom is 0.339 e. The molecular formula is C26H27NO5. The molecule has 0 aliphatic rings. The van der Waals surface area contributed by atoms with E-state index in [4.69, 9.17) is 13.9 Å². The molecule has 6 heteroatoms. The molecule has 4 rings (SSSR count). The zero-order valence-electron chi connectivity index (χ0n) is 18.8. The molecule has 0 spiro atoms. The van der Waals surface area contributed by atoms with Crippen molar-refractivity contribution in [2.75, 3.05) is 11.9 Å². The van der Waals surface area contributed by atoms with E-state index in [2.05, 4.69) is 5.32 Å². The predicted molar refractivity (Wildman–Crippen MR) is 125 cm³/mol. The van der Waals surface area contributed by atoms with Crippen molar-refractivity contribution in [2.45, 2.75) is 47.0 Å². The normalized spacial score (nSPS) is 11.4. The Labute approximate surface area is 185 Å². The van der Waals surface area contributed by atoms with Crippen molar-refractivity contribution in [2.24, 2.45) is 0 Å². The largest absolute Gasteiger partial charge is 0.461 e. The highest BCUT2D eigenvalue weighted by molar-refractivity contribution is 6.00. The number of benzene rings is 2. The summed E-state index contributed by atoms with van der Waals surface area (Å²) in [6.45, 7) is 7.83. The predicted octanol–water partition coefficient (Wildman–Crippen LogP) is 4.88. The van der Waals surface area contributed by atoms with Gasteiger partial charge in [0.15, 0.2) is 0 Å². The van der Waals surface area contributed by atoms with Gasteiger partial charge in [0.05, 0.1) is 0 Å². The third-order valence-electron chi connectivity index (χ3n) is 6.18. The lowest BCUT2D eigenvalue weighted by Crippen LogP contribution is -2.16. The number of carbonyl (C=O) groups excluding carboxylic acids is 1. The van der Waals surface area contributed by atoms with Crippen molar-refractivity contribution in [3.8, 4) is 0 Å². The van der Waals surface area contributed by atoms with Gasteiger partial charge < -0.3 is 19.3 Å². The highest BCUT2D eigenvalue weighted by atomic mass is 16.4. The summed E-state index contributed by atoms with van der Waals surface area (Å²) in [5.74, 6) is 0.673. The first-order valence-corrected chi connectivity index (χ1v) is 10.8. The lowest BCUT2D eigenvalue weighted by Gasteiger charge is -2.10. The second kappa shape index (κ2) is 8.63. The van der Waals surface area contributed by atoms with Gasteiger partial charge in [-0.1, -0.05) is 12.1 Å². The van der Waals surface area contributed by atoms with Crippen LogP contribution >= 0.6 is 0 Å². The van der Waals surface area contributed by atoms with E-state index in [-0.39, 0.29) is 18.9 Å². The van der Waals surface area contributed by atoms with Gasteiger partial charge in [0.1, 0.15) is 16.9 Å². The molecule has 0 fully saturated rings. The number of hydrogen-bond acceptors (Lipinski definition) is 5. The summed E-state index contributed by atoms with van der Waals surface area (Å²) < 4.78 is 11.6. The van der Waals surface area contributed by atoms with Gasteiger partial charge in [-0.15, -0.1) is 0 Å². The molecule has 2 aromatic heterocycles. The van der Waals surface area contributed by atoms with E-state index in [9.17, 15) is 9.59 Å². The summed E-state index contributed by atoms with van der Waals surface area (Å²) in [6.07, 6.45) is 1.04. The number of fused-ring (bicyclic) bond motifs is 2. The fourth-order valence-corrected chi connectivity index (χ4v) is 4.13. The molecule has 2 N–H and O–H groups in total. The van der Waals surface area contributed by atoms with Crippen molar-refractivity contribution in [1.29, 1.82) is 0 Å². The number of anilines is 1. The van der Waals surface area contributed by atoms with Crippen molar-refractivity contribution >= 4 is 33.5 Å². The monoisotopic (exact) mass is 433 g/mol. The number of nitrogens with one attached hydrogen (secondary N) is 1. The maximum absolute atomic E-state index is 12.7. The quantitative estimate of drug-likeness (QED) is 0.423. The Hall–Kier alpha value is -3.38. The Balaban J connectivity index is 1.59. The van der Waals surface area contributed by atoms with Crippen LogP contribution in [0.25, 0.3) is 21.9 Å². The van der Waals surface area contributed by atoms with Crippen LogP contribution in [0.1, 0.15) is 40.0 Å². The van der Waals surface area contributed by atoms with Crippen LogP contribution in [0.4, 0.5) is 5.69 Å². The minimum atomic E-state index is -0.418.